The molecule has 2 aliphatic rings. The number of anilines is 1. The number of carbonyl (C=O) groups is 2. The molecular weight excluding hydrogens is 488 g/mol. The minimum absolute atomic E-state index is 0.0540. The Morgan fingerprint density at radius 2 is 1.86 bits per heavy atom. The molecule has 1 heterocycles. The molecule has 6 nitrogen and oxygen atoms in total. The zero-order valence-electron chi connectivity index (χ0n) is 19.1. The summed E-state index contributed by atoms with van der Waals surface area (Å²) in [6.45, 7) is 0. The molecule has 0 spiro atoms. The Labute approximate surface area is 205 Å². The van der Waals surface area contributed by atoms with Crippen LogP contribution in [0.3, 0.4) is 0 Å². The predicted molar refractivity (Wildman–Crippen MR) is 122 cm³/mol. The fourth-order valence-corrected chi connectivity index (χ4v) is 5.03. The lowest BCUT2D eigenvalue weighted by Gasteiger charge is -2.38. The van der Waals surface area contributed by atoms with Gasteiger partial charge in [0.25, 0.3) is 0 Å². The largest absolute Gasteiger partial charge is 0.414 e. The van der Waals surface area contributed by atoms with Gasteiger partial charge < -0.3 is 15.5 Å². The molecule has 0 radical (unpaired) electrons. The number of alkyl halides is 3. The van der Waals surface area contributed by atoms with Gasteiger partial charge >= 0.3 is 6.18 Å². The highest BCUT2D eigenvalue weighted by Crippen LogP contribution is 2.41. The molecule has 2 N–H and O–H groups in total. The SMILES string of the molecule is CNC(=O)C1CC(C(=O)N(C)[C@@H](c2ccc(NC3Cc4ccc(Cl)c(F)c4C3)cn2)C(F)(F)F)C1. The Balaban J connectivity index is 1.43. The van der Waals surface area contributed by atoms with E-state index in [9.17, 15) is 27.2 Å². The molecule has 11 heteroatoms. The summed E-state index contributed by atoms with van der Waals surface area (Å²) in [4.78, 5) is 29.0. The first kappa shape index (κ1) is 25.2. The van der Waals surface area contributed by atoms with E-state index in [1.54, 1.807) is 6.07 Å². The van der Waals surface area contributed by atoms with E-state index >= 15 is 0 Å². The van der Waals surface area contributed by atoms with E-state index in [0.29, 0.717) is 29.0 Å². The molecule has 2 aromatic rings. The summed E-state index contributed by atoms with van der Waals surface area (Å²) in [7, 11) is 2.59. The summed E-state index contributed by atoms with van der Waals surface area (Å²) in [5, 5.41) is 5.72. The van der Waals surface area contributed by atoms with Crippen LogP contribution in [0, 0.1) is 17.7 Å². The fraction of sp³-hybridized carbons (Fsp3) is 0.458. The summed E-state index contributed by atoms with van der Waals surface area (Å²) < 4.78 is 56.1. The molecular formula is C24H25ClF4N4O2. The Morgan fingerprint density at radius 1 is 1.14 bits per heavy atom. The van der Waals surface area contributed by atoms with Gasteiger partial charge in [-0.15, -0.1) is 0 Å². The maximum absolute atomic E-state index is 14.2. The van der Waals surface area contributed by atoms with Crippen LogP contribution in [-0.4, -0.2) is 48.0 Å². The number of nitrogens with zero attached hydrogens (tertiary/aromatic N) is 2. The monoisotopic (exact) mass is 512 g/mol. The molecule has 2 aliphatic carbocycles. The number of carbonyl (C=O) groups excluding carboxylic acids is 2. The Hall–Kier alpha value is -2.88. The minimum Gasteiger partial charge on any atom is -0.380 e. The molecule has 1 fully saturated rings. The van der Waals surface area contributed by atoms with Gasteiger partial charge in [0.1, 0.15) is 5.82 Å². The number of pyridine rings is 1. The third-order valence-corrected chi connectivity index (χ3v) is 7.09. The number of benzene rings is 1. The van der Waals surface area contributed by atoms with Crippen molar-refractivity contribution in [1.29, 1.82) is 0 Å². The van der Waals surface area contributed by atoms with Gasteiger partial charge in [-0.1, -0.05) is 17.7 Å². The Kier molecular flexibility index (Phi) is 6.95. The number of halogens is 5. The molecule has 1 unspecified atom stereocenters. The van der Waals surface area contributed by atoms with E-state index in [-0.39, 0.29) is 41.4 Å². The van der Waals surface area contributed by atoms with Crippen LogP contribution < -0.4 is 10.6 Å². The second-order valence-corrected chi connectivity index (χ2v) is 9.50. The first-order valence-corrected chi connectivity index (χ1v) is 11.6. The van der Waals surface area contributed by atoms with Crippen molar-refractivity contribution in [2.75, 3.05) is 19.4 Å². The second-order valence-electron chi connectivity index (χ2n) is 9.09. The molecule has 1 aromatic heterocycles. The van der Waals surface area contributed by atoms with Gasteiger partial charge in [-0.25, -0.2) is 4.39 Å². The Bertz CT molecular complexity index is 1120. The zero-order chi connectivity index (χ0) is 25.5. The lowest BCUT2D eigenvalue weighted by atomic mass is 9.73. The predicted octanol–water partition coefficient (Wildman–Crippen LogP) is 4.29. The maximum atomic E-state index is 14.2. The first-order chi connectivity index (χ1) is 16.5. The van der Waals surface area contributed by atoms with Crippen LogP contribution in [0.5, 0.6) is 0 Å². The Morgan fingerprint density at radius 3 is 2.46 bits per heavy atom. The van der Waals surface area contributed by atoms with Gasteiger partial charge in [0.05, 0.1) is 22.6 Å². The number of hydrogen-bond acceptors (Lipinski definition) is 4. The number of rotatable bonds is 6. The quantitative estimate of drug-likeness (QED) is 0.566. The summed E-state index contributed by atoms with van der Waals surface area (Å²) >= 11 is 5.85. The first-order valence-electron chi connectivity index (χ1n) is 11.2. The summed E-state index contributed by atoms with van der Waals surface area (Å²) in [6.07, 6.45) is -2.07. The van der Waals surface area contributed by atoms with E-state index in [0.717, 1.165) is 12.6 Å². The van der Waals surface area contributed by atoms with Crippen LogP contribution in [0.15, 0.2) is 30.5 Å². The third-order valence-electron chi connectivity index (χ3n) is 6.80. The van der Waals surface area contributed by atoms with Gasteiger partial charge in [0, 0.05) is 32.0 Å². The van der Waals surface area contributed by atoms with Gasteiger partial charge in [-0.2, -0.15) is 13.2 Å². The number of hydrogen-bond donors (Lipinski definition) is 2. The maximum Gasteiger partial charge on any atom is 0.414 e. The third kappa shape index (κ3) is 5.07. The van der Waals surface area contributed by atoms with Crippen LogP contribution in [0.1, 0.15) is 35.7 Å². The van der Waals surface area contributed by atoms with Crippen molar-refractivity contribution in [2.24, 2.45) is 11.8 Å². The van der Waals surface area contributed by atoms with Crippen molar-refractivity contribution in [1.82, 2.24) is 15.2 Å². The molecule has 188 valence electrons. The minimum atomic E-state index is -4.74. The average molecular weight is 513 g/mol. The number of nitrogens with one attached hydrogen (secondary N) is 2. The lowest BCUT2D eigenvalue weighted by molar-refractivity contribution is -0.193. The lowest BCUT2D eigenvalue weighted by Crippen LogP contribution is -2.48. The molecule has 1 saturated carbocycles. The van der Waals surface area contributed by atoms with Gasteiger partial charge in [0.2, 0.25) is 11.8 Å². The van der Waals surface area contributed by atoms with Crippen molar-refractivity contribution in [3.05, 3.63) is 58.1 Å². The number of amides is 2. The standard InChI is InChI=1S/C24H25ClF4N4O2/c1-30-22(34)13-7-14(8-13)23(35)33(2)21(24(27,28)29)19-6-4-15(11-31-19)32-16-9-12-3-5-18(25)20(26)17(12)10-16/h3-6,11,13-14,16,21,32H,7-10H2,1-2H3,(H,30,34)/t13?,14?,16?,21-/m0/s1. The highest BCUT2D eigenvalue weighted by atomic mass is 35.5. The molecule has 4 rings (SSSR count). The summed E-state index contributed by atoms with van der Waals surface area (Å²) in [5.41, 5.74) is 1.54. The van der Waals surface area contributed by atoms with E-state index in [1.807, 2.05) is 0 Å². The zero-order valence-corrected chi connectivity index (χ0v) is 19.9. The van der Waals surface area contributed by atoms with Crippen LogP contribution in [-0.2, 0) is 22.4 Å². The molecule has 1 aromatic carbocycles. The van der Waals surface area contributed by atoms with Crippen molar-refractivity contribution >= 4 is 29.1 Å². The van der Waals surface area contributed by atoms with Crippen LogP contribution in [0.2, 0.25) is 5.02 Å². The smallest absolute Gasteiger partial charge is 0.380 e. The van der Waals surface area contributed by atoms with Crippen LogP contribution in [0.25, 0.3) is 0 Å². The van der Waals surface area contributed by atoms with E-state index < -0.39 is 29.9 Å². The van der Waals surface area contributed by atoms with Crippen molar-refractivity contribution in [2.45, 2.75) is 43.9 Å². The second kappa shape index (κ2) is 9.64. The van der Waals surface area contributed by atoms with E-state index in [1.165, 1.54) is 31.4 Å². The number of aromatic nitrogens is 1. The molecule has 0 bridgehead atoms. The number of fused-ring (bicyclic) bond motifs is 1. The van der Waals surface area contributed by atoms with E-state index in [2.05, 4.69) is 15.6 Å². The summed E-state index contributed by atoms with van der Waals surface area (Å²) in [6, 6.07) is 3.61. The van der Waals surface area contributed by atoms with Crippen molar-refractivity contribution in [3.63, 3.8) is 0 Å². The molecule has 2 amide bonds. The van der Waals surface area contributed by atoms with Crippen molar-refractivity contribution in [3.8, 4) is 0 Å². The summed E-state index contributed by atoms with van der Waals surface area (Å²) in [5.74, 6) is -2.32. The molecule has 0 aliphatic heterocycles. The van der Waals surface area contributed by atoms with Gasteiger partial charge in [-0.05, 0) is 55.0 Å². The van der Waals surface area contributed by atoms with Crippen LogP contribution in [0.4, 0.5) is 23.2 Å². The topological polar surface area (TPSA) is 74.3 Å². The van der Waals surface area contributed by atoms with E-state index in [4.69, 9.17) is 11.6 Å². The van der Waals surface area contributed by atoms with Gasteiger partial charge in [-0.3, -0.25) is 14.6 Å². The molecule has 0 saturated heterocycles. The highest BCUT2D eigenvalue weighted by molar-refractivity contribution is 6.30. The highest BCUT2D eigenvalue weighted by Gasteiger charge is 2.49. The average Bonchev–Trinajstić information content (AvgIpc) is 3.18. The van der Waals surface area contributed by atoms with Crippen molar-refractivity contribution < 1.29 is 27.2 Å². The normalized spacial score (nSPS) is 22.1. The fourth-order valence-electron chi connectivity index (χ4n) is 4.86. The van der Waals surface area contributed by atoms with Gasteiger partial charge in [0.15, 0.2) is 6.04 Å². The van der Waals surface area contributed by atoms with Crippen LogP contribution >= 0.6 is 11.6 Å². The molecule has 2 atom stereocenters. The molecule has 35 heavy (non-hydrogen) atoms.